The molecule has 0 spiro atoms. The number of nitrogens with one attached hydrogen (secondary N) is 1. The van der Waals surface area contributed by atoms with E-state index in [1.807, 2.05) is 18.3 Å². The summed E-state index contributed by atoms with van der Waals surface area (Å²) in [6.07, 6.45) is 7.32. The monoisotopic (exact) mass is 273 g/mol. The molecule has 0 aliphatic carbocycles. The molecule has 1 unspecified atom stereocenters. The first-order valence-corrected chi connectivity index (χ1v) is 7.03. The summed E-state index contributed by atoms with van der Waals surface area (Å²) in [5.41, 5.74) is 0.900. The third-order valence-electron chi connectivity index (χ3n) is 3.48. The molecule has 106 valence electrons. The molecule has 1 atom stereocenters. The Morgan fingerprint density at radius 1 is 1.25 bits per heavy atom. The Labute approximate surface area is 118 Å². The van der Waals surface area contributed by atoms with Crippen molar-refractivity contribution >= 4 is 0 Å². The lowest BCUT2D eigenvalue weighted by Crippen LogP contribution is -2.29. The smallest absolute Gasteiger partial charge is 0.158 e. The number of aromatic nitrogens is 2. The molecule has 5 nitrogen and oxygen atoms in total. The first-order chi connectivity index (χ1) is 9.81. The van der Waals surface area contributed by atoms with E-state index in [1.54, 1.807) is 23.0 Å². The van der Waals surface area contributed by atoms with Gasteiger partial charge in [0.25, 0.3) is 0 Å². The lowest BCUT2D eigenvalue weighted by molar-refractivity contribution is 0.194. The molecule has 2 heterocycles. The van der Waals surface area contributed by atoms with Crippen LogP contribution in [-0.2, 0) is 0 Å². The summed E-state index contributed by atoms with van der Waals surface area (Å²) in [6.45, 7) is 1.97. The predicted molar refractivity (Wildman–Crippen MR) is 76.4 cm³/mol. The van der Waals surface area contributed by atoms with Crippen LogP contribution in [0.25, 0.3) is 5.69 Å². The fraction of sp³-hybridized carbons (Fsp3) is 0.400. The number of rotatable bonds is 3. The normalized spacial score (nSPS) is 19.5. The van der Waals surface area contributed by atoms with Gasteiger partial charge in [-0.3, -0.25) is 0 Å². The minimum absolute atomic E-state index is 0.218. The van der Waals surface area contributed by atoms with Crippen molar-refractivity contribution in [1.82, 2.24) is 15.1 Å². The minimum atomic E-state index is 0.218. The quantitative estimate of drug-likeness (QED) is 0.899. The Morgan fingerprint density at radius 2 is 2.10 bits per heavy atom. The lowest BCUT2D eigenvalue weighted by Gasteiger charge is -2.15. The van der Waals surface area contributed by atoms with Gasteiger partial charge < -0.3 is 15.2 Å². The maximum atomic E-state index is 9.29. The van der Waals surface area contributed by atoms with Crippen LogP contribution in [0, 0.1) is 0 Å². The third kappa shape index (κ3) is 3.11. The Morgan fingerprint density at radius 3 is 2.95 bits per heavy atom. The lowest BCUT2D eigenvalue weighted by atomic mass is 10.2. The zero-order valence-electron chi connectivity index (χ0n) is 11.3. The molecule has 0 radical (unpaired) electrons. The van der Waals surface area contributed by atoms with Gasteiger partial charge in [-0.2, -0.15) is 5.10 Å². The van der Waals surface area contributed by atoms with Gasteiger partial charge in [-0.25, -0.2) is 4.68 Å². The largest absolute Gasteiger partial charge is 0.508 e. The predicted octanol–water partition coefficient (Wildman–Crippen LogP) is 2.10. The molecule has 0 bridgehead atoms. The SMILES string of the molecule is Oc1ccc(-n2cc(OC3CCCCNC3)cn2)cc1. The standard InChI is InChI=1S/C15H19N3O2/c19-13-6-4-12(5-7-13)18-11-15(10-17-18)20-14-3-1-2-8-16-9-14/h4-7,10-11,14,16,19H,1-3,8-9H2. The molecule has 1 aliphatic rings. The fourth-order valence-electron chi connectivity index (χ4n) is 2.39. The van der Waals surface area contributed by atoms with Gasteiger partial charge in [0.05, 0.1) is 18.1 Å². The van der Waals surface area contributed by atoms with E-state index in [0.717, 1.165) is 30.9 Å². The third-order valence-corrected chi connectivity index (χ3v) is 3.48. The highest BCUT2D eigenvalue weighted by Crippen LogP contribution is 2.19. The van der Waals surface area contributed by atoms with Crippen LogP contribution in [0.15, 0.2) is 36.7 Å². The molecule has 1 aromatic heterocycles. The highest BCUT2D eigenvalue weighted by molar-refractivity contribution is 5.37. The highest BCUT2D eigenvalue weighted by atomic mass is 16.5. The Balaban J connectivity index is 1.68. The second-order valence-electron chi connectivity index (χ2n) is 5.08. The van der Waals surface area contributed by atoms with Crippen molar-refractivity contribution < 1.29 is 9.84 Å². The first kappa shape index (κ1) is 13.0. The number of benzene rings is 1. The van der Waals surface area contributed by atoms with Crippen LogP contribution in [0.1, 0.15) is 19.3 Å². The molecule has 0 amide bonds. The summed E-state index contributed by atoms with van der Waals surface area (Å²) in [5, 5.41) is 17.0. The summed E-state index contributed by atoms with van der Waals surface area (Å²) in [6, 6.07) is 6.93. The molecule has 0 saturated carbocycles. The van der Waals surface area contributed by atoms with Gasteiger partial charge in [-0.1, -0.05) is 0 Å². The van der Waals surface area contributed by atoms with Crippen LogP contribution in [0.2, 0.25) is 0 Å². The molecule has 2 aromatic rings. The van der Waals surface area contributed by atoms with Crippen molar-refractivity contribution in [3.05, 3.63) is 36.7 Å². The van der Waals surface area contributed by atoms with E-state index in [-0.39, 0.29) is 11.9 Å². The fourth-order valence-corrected chi connectivity index (χ4v) is 2.39. The van der Waals surface area contributed by atoms with E-state index in [2.05, 4.69) is 10.4 Å². The van der Waals surface area contributed by atoms with Gasteiger partial charge in [0.15, 0.2) is 5.75 Å². The Bertz CT molecular complexity index is 543. The van der Waals surface area contributed by atoms with Gasteiger partial charge in [-0.05, 0) is 50.1 Å². The van der Waals surface area contributed by atoms with Gasteiger partial charge in [0.2, 0.25) is 0 Å². The first-order valence-electron chi connectivity index (χ1n) is 7.03. The molecular weight excluding hydrogens is 254 g/mol. The molecule has 5 heteroatoms. The van der Waals surface area contributed by atoms with Gasteiger partial charge in [0.1, 0.15) is 11.9 Å². The molecule has 2 N–H and O–H groups in total. The van der Waals surface area contributed by atoms with Crippen LogP contribution in [0.3, 0.4) is 0 Å². The van der Waals surface area contributed by atoms with Crippen molar-refractivity contribution in [2.75, 3.05) is 13.1 Å². The second kappa shape index (κ2) is 5.96. The average molecular weight is 273 g/mol. The van der Waals surface area contributed by atoms with Crippen molar-refractivity contribution in [3.8, 4) is 17.2 Å². The number of ether oxygens (including phenoxy) is 1. The van der Waals surface area contributed by atoms with Gasteiger partial charge in [0, 0.05) is 6.54 Å². The van der Waals surface area contributed by atoms with E-state index in [9.17, 15) is 5.11 Å². The van der Waals surface area contributed by atoms with Crippen LogP contribution in [0.4, 0.5) is 0 Å². The van der Waals surface area contributed by atoms with Crippen LogP contribution < -0.4 is 10.1 Å². The number of hydrogen-bond donors (Lipinski definition) is 2. The Kier molecular flexibility index (Phi) is 3.87. The van der Waals surface area contributed by atoms with Gasteiger partial charge in [-0.15, -0.1) is 0 Å². The number of phenols is 1. The van der Waals surface area contributed by atoms with E-state index >= 15 is 0 Å². The zero-order chi connectivity index (χ0) is 13.8. The Hall–Kier alpha value is -2.01. The number of aromatic hydroxyl groups is 1. The summed E-state index contributed by atoms with van der Waals surface area (Å²) < 4.78 is 7.71. The molecule has 1 fully saturated rings. The summed E-state index contributed by atoms with van der Waals surface area (Å²) in [5.74, 6) is 1.04. The summed E-state index contributed by atoms with van der Waals surface area (Å²) >= 11 is 0. The molecule has 20 heavy (non-hydrogen) atoms. The zero-order valence-corrected chi connectivity index (χ0v) is 11.3. The van der Waals surface area contributed by atoms with Crippen LogP contribution in [0.5, 0.6) is 11.5 Å². The van der Waals surface area contributed by atoms with Crippen LogP contribution >= 0.6 is 0 Å². The molecule has 1 aliphatic heterocycles. The van der Waals surface area contributed by atoms with E-state index in [1.165, 1.54) is 12.8 Å². The average Bonchev–Trinajstić information content (AvgIpc) is 2.76. The maximum Gasteiger partial charge on any atom is 0.158 e. The number of nitrogens with zero attached hydrogens (tertiary/aromatic N) is 2. The van der Waals surface area contributed by atoms with Crippen molar-refractivity contribution in [3.63, 3.8) is 0 Å². The van der Waals surface area contributed by atoms with Crippen molar-refractivity contribution in [1.29, 1.82) is 0 Å². The minimum Gasteiger partial charge on any atom is -0.508 e. The summed E-state index contributed by atoms with van der Waals surface area (Å²) in [7, 11) is 0. The molecule has 3 rings (SSSR count). The second-order valence-corrected chi connectivity index (χ2v) is 5.08. The maximum absolute atomic E-state index is 9.29. The van der Waals surface area contributed by atoms with E-state index in [0.29, 0.717) is 0 Å². The molecule has 1 saturated heterocycles. The molecule has 1 aromatic carbocycles. The van der Waals surface area contributed by atoms with Crippen molar-refractivity contribution in [2.45, 2.75) is 25.4 Å². The summed E-state index contributed by atoms with van der Waals surface area (Å²) in [4.78, 5) is 0. The van der Waals surface area contributed by atoms with E-state index in [4.69, 9.17) is 4.74 Å². The van der Waals surface area contributed by atoms with E-state index < -0.39 is 0 Å². The number of hydrogen-bond acceptors (Lipinski definition) is 4. The van der Waals surface area contributed by atoms with Crippen LogP contribution in [-0.4, -0.2) is 34.1 Å². The molecular formula is C15H19N3O2. The number of phenolic OH excluding ortho intramolecular Hbond substituents is 1. The highest BCUT2D eigenvalue weighted by Gasteiger charge is 2.14. The van der Waals surface area contributed by atoms with Crippen molar-refractivity contribution in [2.24, 2.45) is 0 Å². The topological polar surface area (TPSA) is 59.3 Å². The van der Waals surface area contributed by atoms with Gasteiger partial charge >= 0.3 is 0 Å².